The fraction of sp³-hybridized carbons (Fsp3) is 0. The highest BCUT2D eigenvalue weighted by atomic mass is 14.9. The van der Waals surface area contributed by atoms with E-state index in [0.717, 1.165) is 44.5 Å². The summed E-state index contributed by atoms with van der Waals surface area (Å²) in [6.07, 6.45) is 0. The van der Waals surface area contributed by atoms with Gasteiger partial charge >= 0.3 is 0 Å². The molecule has 3 heteroatoms. The highest BCUT2D eigenvalue weighted by Crippen LogP contribution is 2.40. The molecule has 50 heavy (non-hydrogen) atoms. The Morgan fingerprint density at radius 1 is 0.280 bits per heavy atom. The first kappa shape index (κ1) is 28.3. The van der Waals surface area contributed by atoms with Crippen molar-refractivity contribution in [3.8, 4) is 45.2 Å². The predicted octanol–water partition coefficient (Wildman–Crippen LogP) is 12.3. The Morgan fingerprint density at radius 3 is 1.58 bits per heavy atom. The molecular weight excluding hydrogens is 607 g/mol. The number of hydrogen-bond donors (Lipinski definition) is 0. The largest absolute Gasteiger partial charge is 0.244 e. The van der Waals surface area contributed by atoms with Crippen LogP contribution in [0.5, 0.6) is 0 Å². The summed E-state index contributed by atoms with van der Waals surface area (Å²) in [6.45, 7) is 0. The van der Waals surface area contributed by atoms with Gasteiger partial charge in [0.1, 0.15) is 5.69 Å². The van der Waals surface area contributed by atoms with Crippen molar-refractivity contribution in [3.63, 3.8) is 0 Å². The van der Waals surface area contributed by atoms with Gasteiger partial charge in [0.2, 0.25) is 0 Å². The van der Waals surface area contributed by atoms with Crippen LogP contribution in [-0.2, 0) is 0 Å². The Hall–Kier alpha value is -6.71. The van der Waals surface area contributed by atoms with Crippen molar-refractivity contribution in [2.24, 2.45) is 0 Å². The molecule has 0 aliphatic rings. The Balaban J connectivity index is 1.18. The Labute approximate surface area is 289 Å². The van der Waals surface area contributed by atoms with Gasteiger partial charge in [-0.2, -0.15) is 0 Å². The van der Waals surface area contributed by atoms with Gasteiger partial charge in [-0.15, -0.1) is 0 Å². The van der Waals surface area contributed by atoms with Crippen LogP contribution in [0.1, 0.15) is 0 Å². The van der Waals surface area contributed by atoms with E-state index in [1.165, 1.54) is 48.8 Å². The number of aromatic nitrogens is 3. The maximum absolute atomic E-state index is 5.19. The van der Waals surface area contributed by atoms with Gasteiger partial charge in [0.25, 0.3) is 0 Å². The first-order valence-corrected chi connectivity index (χ1v) is 16.9. The first-order valence-electron chi connectivity index (χ1n) is 16.9. The minimum Gasteiger partial charge on any atom is -0.244 e. The minimum atomic E-state index is 0.605. The second-order valence-corrected chi connectivity index (χ2v) is 12.8. The molecule has 2 heterocycles. The van der Waals surface area contributed by atoms with Crippen LogP contribution in [-0.4, -0.2) is 15.0 Å². The zero-order valence-electron chi connectivity index (χ0n) is 27.1. The van der Waals surface area contributed by atoms with Crippen molar-refractivity contribution in [3.05, 3.63) is 176 Å². The second kappa shape index (κ2) is 11.5. The van der Waals surface area contributed by atoms with Gasteiger partial charge in [0, 0.05) is 16.5 Å². The number of fused-ring (bicyclic) bond motifs is 8. The van der Waals surface area contributed by atoms with Gasteiger partial charge < -0.3 is 0 Å². The molecule has 8 aromatic carbocycles. The molecule has 0 radical (unpaired) electrons. The lowest BCUT2D eigenvalue weighted by Crippen LogP contribution is -1.98. The first-order chi connectivity index (χ1) is 24.8. The van der Waals surface area contributed by atoms with E-state index in [2.05, 4.69) is 133 Å². The van der Waals surface area contributed by atoms with Gasteiger partial charge in [0.15, 0.2) is 5.82 Å². The summed E-state index contributed by atoms with van der Waals surface area (Å²) in [7, 11) is 0. The lowest BCUT2D eigenvalue weighted by Gasteiger charge is -2.15. The van der Waals surface area contributed by atoms with Gasteiger partial charge in [0.05, 0.1) is 16.9 Å². The van der Waals surface area contributed by atoms with Crippen molar-refractivity contribution in [2.45, 2.75) is 0 Å². The molecule has 10 aromatic rings. The number of nitrogens with zero attached hydrogens (tertiary/aromatic N) is 3. The van der Waals surface area contributed by atoms with Crippen molar-refractivity contribution in [1.82, 2.24) is 15.0 Å². The third-order valence-electron chi connectivity index (χ3n) is 9.88. The molecule has 0 unspecified atom stereocenters. The van der Waals surface area contributed by atoms with Crippen LogP contribution in [0.2, 0.25) is 0 Å². The highest BCUT2D eigenvalue weighted by Gasteiger charge is 2.16. The zero-order chi connectivity index (χ0) is 33.0. The van der Waals surface area contributed by atoms with Gasteiger partial charge in [-0.3, -0.25) is 0 Å². The molecule has 0 saturated carbocycles. The number of benzene rings is 8. The van der Waals surface area contributed by atoms with E-state index >= 15 is 0 Å². The molecule has 0 aliphatic heterocycles. The van der Waals surface area contributed by atoms with E-state index < -0.39 is 0 Å². The summed E-state index contributed by atoms with van der Waals surface area (Å²) in [5.41, 5.74) is 7.88. The van der Waals surface area contributed by atoms with Crippen LogP contribution in [0.4, 0.5) is 0 Å². The van der Waals surface area contributed by atoms with Crippen LogP contribution < -0.4 is 0 Å². The normalized spacial score (nSPS) is 11.6. The average molecular weight is 636 g/mol. The molecule has 0 bridgehead atoms. The van der Waals surface area contributed by atoms with Crippen LogP contribution in [0, 0.1) is 0 Å². The standard InChI is InChI=1S/C47H29N3/c1-2-12-30(13-3-1)45-29-46(50-47(49-45)44-27-23-31-14-4-11-21-43(31)48-44)41-26-25-33(34-15-5-9-19-38(34)41)32-22-24-40-37-18-7-6-16-35(37)36-17-8-10-20-39(36)42(40)28-32/h1-29H. The van der Waals surface area contributed by atoms with Gasteiger partial charge in [-0.05, 0) is 78.5 Å². The molecule has 0 atom stereocenters. The topological polar surface area (TPSA) is 38.7 Å². The van der Waals surface area contributed by atoms with Crippen molar-refractivity contribution >= 4 is 54.0 Å². The number of hydrogen-bond acceptors (Lipinski definition) is 3. The molecule has 232 valence electrons. The van der Waals surface area contributed by atoms with Crippen LogP contribution >= 0.6 is 0 Å². The maximum atomic E-state index is 5.19. The van der Waals surface area contributed by atoms with E-state index in [-0.39, 0.29) is 0 Å². The Kier molecular flexibility index (Phi) is 6.49. The van der Waals surface area contributed by atoms with Crippen LogP contribution in [0.25, 0.3) is 99.2 Å². The molecule has 0 aliphatic carbocycles. The molecule has 10 rings (SSSR count). The number of para-hydroxylation sites is 1. The van der Waals surface area contributed by atoms with Crippen LogP contribution in [0.3, 0.4) is 0 Å². The van der Waals surface area contributed by atoms with E-state index in [1.807, 2.05) is 42.5 Å². The molecule has 0 spiro atoms. The fourth-order valence-corrected chi connectivity index (χ4v) is 7.50. The average Bonchev–Trinajstić information content (AvgIpc) is 3.20. The van der Waals surface area contributed by atoms with E-state index in [1.54, 1.807) is 0 Å². The zero-order valence-corrected chi connectivity index (χ0v) is 27.1. The summed E-state index contributed by atoms with van der Waals surface area (Å²) in [5, 5.41) is 11.1. The summed E-state index contributed by atoms with van der Waals surface area (Å²) in [6, 6.07) is 62.2. The number of pyridine rings is 1. The molecule has 3 nitrogen and oxygen atoms in total. The molecular formula is C47H29N3. The lowest BCUT2D eigenvalue weighted by molar-refractivity contribution is 1.16. The molecule has 0 fully saturated rings. The predicted molar refractivity (Wildman–Crippen MR) is 209 cm³/mol. The summed E-state index contributed by atoms with van der Waals surface area (Å²) < 4.78 is 0. The third kappa shape index (κ3) is 4.63. The smallest absolute Gasteiger partial charge is 0.179 e. The molecule has 0 saturated heterocycles. The third-order valence-corrected chi connectivity index (χ3v) is 9.88. The fourth-order valence-electron chi connectivity index (χ4n) is 7.50. The molecule has 0 N–H and O–H groups in total. The monoisotopic (exact) mass is 635 g/mol. The SMILES string of the molecule is c1ccc(-c2cc(-c3ccc(-c4ccc5c6ccccc6c6ccccc6c5c4)c4ccccc34)nc(-c3ccc4ccccc4n3)n2)cc1. The van der Waals surface area contributed by atoms with E-state index in [9.17, 15) is 0 Å². The highest BCUT2D eigenvalue weighted by molar-refractivity contribution is 6.26. The van der Waals surface area contributed by atoms with Crippen molar-refractivity contribution < 1.29 is 0 Å². The minimum absolute atomic E-state index is 0.605. The Bertz CT molecular complexity index is 2890. The molecule has 0 amide bonds. The van der Waals surface area contributed by atoms with E-state index in [4.69, 9.17) is 15.0 Å². The second-order valence-electron chi connectivity index (χ2n) is 12.8. The molecule has 2 aromatic heterocycles. The summed E-state index contributed by atoms with van der Waals surface area (Å²) >= 11 is 0. The van der Waals surface area contributed by atoms with E-state index in [0.29, 0.717) is 5.82 Å². The lowest BCUT2D eigenvalue weighted by atomic mass is 9.89. The number of rotatable bonds is 4. The maximum Gasteiger partial charge on any atom is 0.179 e. The summed E-state index contributed by atoms with van der Waals surface area (Å²) in [5.74, 6) is 0.605. The van der Waals surface area contributed by atoms with Crippen LogP contribution in [0.15, 0.2) is 176 Å². The quantitative estimate of drug-likeness (QED) is 0.181. The summed E-state index contributed by atoms with van der Waals surface area (Å²) in [4.78, 5) is 15.2. The van der Waals surface area contributed by atoms with Crippen molar-refractivity contribution in [2.75, 3.05) is 0 Å². The van der Waals surface area contributed by atoms with Gasteiger partial charge in [-0.25, -0.2) is 15.0 Å². The van der Waals surface area contributed by atoms with Gasteiger partial charge in [-0.1, -0.05) is 152 Å². The van der Waals surface area contributed by atoms with Crippen molar-refractivity contribution in [1.29, 1.82) is 0 Å². The Morgan fingerprint density at radius 2 is 0.840 bits per heavy atom.